The van der Waals surface area contributed by atoms with Crippen LogP contribution in [0.1, 0.15) is 52.0 Å². The van der Waals surface area contributed by atoms with Crippen LogP contribution in [0.2, 0.25) is 0 Å². The number of imidazole rings is 1. The lowest BCUT2D eigenvalue weighted by molar-refractivity contribution is -0.00860. The number of nitrogens with one attached hydrogen (secondary N) is 1. The van der Waals surface area contributed by atoms with Crippen LogP contribution in [0.15, 0.2) is 30.5 Å². The smallest absolute Gasteiger partial charge is 0.410 e. The molecule has 0 radical (unpaired) electrons. The number of anilines is 1. The zero-order valence-electron chi connectivity index (χ0n) is 19.2. The molecule has 1 spiro atoms. The van der Waals surface area contributed by atoms with Crippen LogP contribution in [0.3, 0.4) is 0 Å². The van der Waals surface area contributed by atoms with Crippen molar-refractivity contribution >= 4 is 27.5 Å². The molecule has 1 saturated heterocycles. The third-order valence-corrected chi connectivity index (χ3v) is 7.35. The van der Waals surface area contributed by atoms with Crippen molar-refractivity contribution in [2.75, 3.05) is 18.4 Å². The molecule has 2 aromatic heterocycles. The van der Waals surface area contributed by atoms with Gasteiger partial charge in [-0.15, -0.1) is 5.10 Å². The normalized spacial score (nSPS) is 18.2. The van der Waals surface area contributed by atoms with Crippen molar-refractivity contribution in [3.63, 3.8) is 0 Å². The molecular weight excluding hydrogens is 436 g/mol. The Hall–Kier alpha value is -3.12. The fourth-order valence-corrected chi connectivity index (χ4v) is 5.66. The highest BCUT2D eigenvalue weighted by Crippen LogP contribution is 2.50. The van der Waals surface area contributed by atoms with Gasteiger partial charge in [0.2, 0.25) is 10.1 Å². The van der Waals surface area contributed by atoms with Crippen molar-refractivity contribution < 1.29 is 9.53 Å². The summed E-state index contributed by atoms with van der Waals surface area (Å²) in [5.74, 6) is 0. The maximum absolute atomic E-state index is 12.3. The molecule has 2 fully saturated rings. The second-order valence-electron chi connectivity index (χ2n) is 10.2. The number of hydrogen-bond donors (Lipinski definition) is 1. The molecule has 0 atom stereocenters. The van der Waals surface area contributed by atoms with Crippen molar-refractivity contribution in [1.82, 2.24) is 19.5 Å². The van der Waals surface area contributed by atoms with Crippen LogP contribution < -0.4 is 5.32 Å². The topological polar surface area (TPSA) is 95.5 Å². The number of likely N-dealkylation sites (tertiary alicyclic amines) is 1. The Bertz CT molecular complexity index is 1190. The molecule has 2 aliphatic rings. The van der Waals surface area contributed by atoms with Gasteiger partial charge in [0.05, 0.1) is 23.5 Å². The van der Waals surface area contributed by atoms with E-state index in [-0.39, 0.29) is 6.09 Å². The predicted octanol–water partition coefficient (Wildman–Crippen LogP) is 4.92. The number of amides is 1. The first-order valence-corrected chi connectivity index (χ1v) is 12.1. The third-order valence-electron chi connectivity index (χ3n) is 6.49. The van der Waals surface area contributed by atoms with Crippen LogP contribution in [0.5, 0.6) is 0 Å². The maximum Gasteiger partial charge on any atom is 0.410 e. The minimum Gasteiger partial charge on any atom is -0.444 e. The summed E-state index contributed by atoms with van der Waals surface area (Å²) in [4.78, 5) is 19.7. The summed E-state index contributed by atoms with van der Waals surface area (Å²) in [6, 6.07) is 10.0. The Morgan fingerprint density at radius 1 is 1.30 bits per heavy atom. The number of benzene rings is 1. The second kappa shape index (κ2) is 8.03. The number of nitrogens with zero attached hydrogens (tertiary/aromatic N) is 5. The minimum absolute atomic E-state index is 0.198. The number of fused-ring (bicyclic) bond motifs is 1. The number of carbonyl (C=O) groups excluding carboxylic acids is 1. The number of rotatable bonds is 3. The second-order valence-corrected chi connectivity index (χ2v) is 11.1. The van der Waals surface area contributed by atoms with Crippen molar-refractivity contribution in [3.05, 3.63) is 36.0 Å². The van der Waals surface area contributed by atoms with Gasteiger partial charge >= 0.3 is 6.09 Å². The molecule has 0 bridgehead atoms. The Labute approximate surface area is 197 Å². The van der Waals surface area contributed by atoms with Crippen LogP contribution in [0, 0.1) is 16.7 Å². The molecule has 1 saturated carbocycles. The quantitative estimate of drug-likeness (QED) is 0.591. The first-order valence-electron chi connectivity index (χ1n) is 11.3. The number of aromatic nitrogens is 3. The first kappa shape index (κ1) is 21.7. The van der Waals surface area contributed by atoms with E-state index >= 15 is 0 Å². The summed E-state index contributed by atoms with van der Waals surface area (Å²) in [7, 11) is 0. The highest BCUT2D eigenvalue weighted by molar-refractivity contribution is 7.20. The SMILES string of the molecule is CC(C)(C)OC(=O)N1CCC2(CC1)CC(Nc1nn3cc(-c4cccc(C#N)c4)nc3s1)C2. The highest BCUT2D eigenvalue weighted by atomic mass is 32.1. The Morgan fingerprint density at radius 3 is 2.73 bits per heavy atom. The Kier molecular flexibility index (Phi) is 5.28. The Morgan fingerprint density at radius 2 is 2.06 bits per heavy atom. The van der Waals surface area contributed by atoms with Gasteiger partial charge in [0, 0.05) is 24.7 Å². The van der Waals surface area contributed by atoms with E-state index in [1.807, 2.05) is 50.1 Å². The van der Waals surface area contributed by atoms with Gasteiger partial charge in [-0.1, -0.05) is 23.5 Å². The van der Waals surface area contributed by atoms with E-state index in [2.05, 4.69) is 21.5 Å². The maximum atomic E-state index is 12.3. The van der Waals surface area contributed by atoms with Gasteiger partial charge < -0.3 is 15.0 Å². The van der Waals surface area contributed by atoms with Gasteiger partial charge in [-0.3, -0.25) is 0 Å². The van der Waals surface area contributed by atoms with E-state index in [1.54, 1.807) is 21.9 Å². The zero-order chi connectivity index (χ0) is 23.2. The van der Waals surface area contributed by atoms with Gasteiger partial charge in [0.1, 0.15) is 5.60 Å². The predicted molar refractivity (Wildman–Crippen MR) is 127 cm³/mol. The molecule has 1 N–H and O–H groups in total. The fourth-order valence-electron chi connectivity index (χ4n) is 4.81. The highest BCUT2D eigenvalue weighted by Gasteiger charge is 2.47. The van der Waals surface area contributed by atoms with E-state index in [0.717, 1.165) is 60.1 Å². The van der Waals surface area contributed by atoms with Crippen molar-refractivity contribution in [2.24, 2.45) is 5.41 Å². The minimum atomic E-state index is -0.452. The average Bonchev–Trinajstić information content (AvgIpc) is 3.31. The van der Waals surface area contributed by atoms with Gasteiger partial charge in [-0.25, -0.2) is 14.3 Å². The summed E-state index contributed by atoms with van der Waals surface area (Å²) in [6.45, 7) is 7.25. The fraction of sp³-hybridized carbons (Fsp3) is 0.500. The molecule has 0 unspecified atom stereocenters. The van der Waals surface area contributed by atoms with Crippen molar-refractivity contribution in [2.45, 2.75) is 58.1 Å². The van der Waals surface area contributed by atoms with Gasteiger partial charge in [-0.2, -0.15) is 5.26 Å². The number of hydrogen-bond acceptors (Lipinski definition) is 7. The molecule has 3 heterocycles. The standard InChI is InChI=1S/C24H28N6O2S/c1-23(2,3)32-22(31)29-9-7-24(8-10-29)12-18(13-24)26-20-28-30-15-19(27-21(30)33-20)17-6-4-5-16(11-17)14-25/h4-6,11,15,18H,7-10,12-13H2,1-3H3,(H,26,28). The van der Waals surface area contributed by atoms with Gasteiger partial charge in [0.15, 0.2) is 0 Å². The number of nitriles is 1. The lowest BCUT2D eigenvalue weighted by Gasteiger charge is -2.52. The van der Waals surface area contributed by atoms with Gasteiger partial charge in [-0.05, 0) is 64.0 Å². The summed E-state index contributed by atoms with van der Waals surface area (Å²) >= 11 is 1.54. The molecule has 5 rings (SSSR count). The lowest BCUT2D eigenvalue weighted by atomic mass is 9.60. The number of carbonyl (C=O) groups is 1. The van der Waals surface area contributed by atoms with Crippen LogP contribution in [0.4, 0.5) is 9.93 Å². The molecule has 1 amide bonds. The van der Waals surface area contributed by atoms with Gasteiger partial charge in [0.25, 0.3) is 0 Å². The molecule has 33 heavy (non-hydrogen) atoms. The number of ether oxygens (including phenoxy) is 1. The van der Waals surface area contributed by atoms with E-state index < -0.39 is 5.60 Å². The van der Waals surface area contributed by atoms with Crippen LogP contribution in [0.25, 0.3) is 16.2 Å². The van der Waals surface area contributed by atoms with Crippen molar-refractivity contribution in [1.29, 1.82) is 5.26 Å². The number of piperidine rings is 1. The average molecular weight is 465 g/mol. The summed E-state index contributed by atoms with van der Waals surface area (Å²) < 4.78 is 7.31. The van der Waals surface area contributed by atoms with Crippen LogP contribution in [-0.4, -0.2) is 50.3 Å². The molecule has 172 valence electrons. The molecular formula is C24H28N6O2S. The summed E-state index contributed by atoms with van der Waals surface area (Å²) in [6.07, 6.45) is 5.96. The molecule has 3 aromatic rings. The van der Waals surface area contributed by atoms with Crippen molar-refractivity contribution in [3.8, 4) is 17.3 Å². The lowest BCUT2D eigenvalue weighted by Crippen LogP contribution is -2.53. The summed E-state index contributed by atoms with van der Waals surface area (Å²) in [5, 5.41) is 18.2. The van der Waals surface area contributed by atoms with E-state index in [4.69, 9.17) is 10.00 Å². The molecule has 9 heteroatoms. The summed E-state index contributed by atoms with van der Waals surface area (Å²) in [5.41, 5.74) is 2.23. The van der Waals surface area contributed by atoms with E-state index in [9.17, 15) is 4.79 Å². The van der Waals surface area contributed by atoms with Crippen LogP contribution in [-0.2, 0) is 4.74 Å². The molecule has 1 aliphatic carbocycles. The monoisotopic (exact) mass is 464 g/mol. The zero-order valence-corrected chi connectivity index (χ0v) is 20.0. The van der Waals surface area contributed by atoms with E-state index in [0.29, 0.717) is 17.0 Å². The molecule has 1 aromatic carbocycles. The largest absolute Gasteiger partial charge is 0.444 e. The van der Waals surface area contributed by atoms with Crippen LogP contribution >= 0.6 is 11.3 Å². The third kappa shape index (κ3) is 4.53. The van der Waals surface area contributed by atoms with E-state index in [1.165, 1.54) is 0 Å². The first-order chi connectivity index (χ1) is 15.7. The molecule has 8 nitrogen and oxygen atoms in total. The molecule has 1 aliphatic heterocycles. The Balaban J connectivity index is 1.15.